The molecule has 19 heavy (non-hydrogen) atoms. The molecule has 0 saturated heterocycles. The molecule has 2 N–H and O–H groups in total. The summed E-state index contributed by atoms with van der Waals surface area (Å²) in [6.45, 7) is 0.419. The summed E-state index contributed by atoms with van der Waals surface area (Å²) in [6.07, 6.45) is 2.01. The highest BCUT2D eigenvalue weighted by atomic mass is 32.1. The second-order valence-corrected chi connectivity index (χ2v) is 4.65. The zero-order chi connectivity index (χ0) is 13.5. The minimum absolute atomic E-state index is 0.0505. The van der Waals surface area contributed by atoms with Crippen molar-refractivity contribution in [3.63, 3.8) is 0 Å². The number of hydrogen-bond acceptors (Lipinski definition) is 4. The molecule has 0 fully saturated rings. The molecule has 0 atom stereocenters. The largest absolute Gasteiger partial charge is 0.467 e. The lowest BCUT2D eigenvalue weighted by Gasteiger charge is -2.00. The van der Waals surface area contributed by atoms with E-state index in [0.717, 1.165) is 4.88 Å². The first-order valence-corrected chi connectivity index (χ1v) is 6.66. The third kappa shape index (κ3) is 3.98. The number of carbonyl (C=O) groups excluding carboxylic acids is 1. The zero-order valence-corrected chi connectivity index (χ0v) is 11.0. The fourth-order valence-corrected chi connectivity index (χ4v) is 2.16. The third-order valence-electron chi connectivity index (χ3n) is 2.31. The Hall–Kier alpha value is -2.03. The molecule has 2 heterocycles. The van der Waals surface area contributed by atoms with Gasteiger partial charge in [0, 0.05) is 11.8 Å². The maximum Gasteiger partial charge on any atom is 0.252 e. The topological polar surface area (TPSA) is 62.5 Å². The maximum absolute atomic E-state index is 11.8. The lowest BCUT2D eigenvalue weighted by atomic mass is 10.3. The fraction of sp³-hybridized carbons (Fsp3) is 0.214. The van der Waals surface area contributed by atoms with Crippen molar-refractivity contribution in [2.45, 2.75) is 13.0 Å². The van der Waals surface area contributed by atoms with E-state index in [0.29, 0.717) is 24.3 Å². The van der Waals surface area contributed by atoms with Crippen molar-refractivity contribution >= 4 is 17.2 Å². The molecule has 0 bridgehead atoms. The molecule has 98 valence electrons. The van der Waals surface area contributed by atoms with E-state index in [2.05, 4.69) is 17.2 Å². The Bertz CT molecular complexity index is 590. The predicted molar refractivity (Wildman–Crippen MR) is 72.8 cm³/mol. The number of furan rings is 1. The molecule has 2 rings (SSSR count). The van der Waals surface area contributed by atoms with Crippen molar-refractivity contribution in [2.24, 2.45) is 0 Å². The third-order valence-corrected chi connectivity index (χ3v) is 3.16. The van der Waals surface area contributed by atoms with E-state index in [9.17, 15) is 4.79 Å². The van der Waals surface area contributed by atoms with Gasteiger partial charge < -0.3 is 14.8 Å². The van der Waals surface area contributed by atoms with Gasteiger partial charge in [-0.1, -0.05) is 11.8 Å². The Kier molecular flexibility index (Phi) is 4.78. The van der Waals surface area contributed by atoms with Crippen LogP contribution in [0.25, 0.3) is 0 Å². The van der Waals surface area contributed by atoms with Gasteiger partial charge in [0.05, 0.1) is 29.9 Å². The lowest BCUT2D eigenvalue weighted by molar-refractivity contribution is 0.0948. The predicted octanol–water partition coefficient (Wildman–Crippen LogP) is 2.00. The molecule has 5 heteroatoms. The Morgan fingerprint density at radius 1 is 1.53 bits per heavy atom. The number of hydrogen-bond donors (Lipinski definition) is 2. The van der Waals surface area contributed by atoms with Gasteiger partial charge in [0.25, 0.3) is 5.91 Å². The quantitative estimate of drug-likeness (QED) is 0.839. The van der Waals surface area contributed by atoms with Gasteiger partial charge in [-0.15, -0.1) is 11.3 Å². The van der Waals surface area contributed by atoms with Crippen LogP contribution in [0, 0.1) is 11.8 Å². The smallest absolute Gasteiger partial charge is 0.252 e. The molecule has 0 aliphatic rings. The standard InChI is InChI=1S/C14H13NO3S/c16-6-2-1-5-13-8-11(10-19-13)14(17)15-9-12-4-3-7-18-12/h3-4,7-8,10,16H,2,6,9H2,(H,15,17). The van der Waals surface area contributed by atoms with E-state index < -0.39 is 0 Å². The summed E-state index contributed by atoms with van der Waals surface area (Å²) in [5, 5.41) is 13.2. The molecule has 0 radical (unpaired) electrons. The van der Waals surface area contributed by atoms with E-state index in [4.69, 9.17) is 9.52 Å². The van der Waals surface area contributed by atoms with E-state index in [1.54, 1.807) is 29.8 Å². The monoisotopic (exact) mass is 275 g/mol. The van der Waals surface area contributed by atoms with Gasteiger partial charge in [0.2, 0.25) is 0 Å². The molecular weight excluding hydrogens is 262 g/mol. The number of thiophene rings is 1. The van der Waals surface area contributed by atoms with Crippen LogP contribution in [0.5, 0.6) is 0 Å². The molecule has 2 aromatic heterocycles. The molecule has 0 spiro atoms. The van der Waals surface area contributed by atoms with E-state index in [1.165, 1.54) is 11.3 Å². The fourth-order valence-electron chi connectivity index (χ4n) is 1.41. The minimum atomic E-state index is -0.150. The summed E-state index contributed by atoms with van der Waals surface area (Å²) in [4.78, 5) is 12.7. The molecule has 0 aliphatic heterocycles. The lowest BCUT2D eigenvalue weighted by Crippen LogP contribution is -2.21. The van der Waals surface area contributed by atoms with Crippen molar-refractivity contribution in [1.82, 2.24) is 5.32 Å². The number of carbonyl (C=O) groups is 1. The molecule has 2 aromatic rings. The number of aliphatic hydroxyl groups excluding tert-OH is 1. The Labute approximate surface area is 115 Å². The van der Waals surface area contributed by atoms with Crippen LogP contribution in [0.2, 0.25) is 0 Å². The van der Waals surface area contributed by atoms with Crippen molar-refractivity contribution in [3.8, 4) is 11.8 Å². The van der Waals surface area contributed by atoms with Crippen molar-refractivity contribution in [2.75, 3.05) is 6.61 Å². The first-order chi connectivity index (χ1) is 9.29. The summed E-state index contributed by atoms with van der Waals surface area (Å²) in [5.41, 5.74) is 0.588. The van der Waals surface area contributed by atoms with Crippen LogP contribution in [0.1, 0.15) is 27.4 Å². The number of aliphatic hydroxyl groups is 1. The zero-order valence-electron chi connectivity index (χ0n) is 10.2. The number of rotatable bonds is 4. The van der Waals surface area contributed by atoms with Crippen LogP contribution in [-0.4, -0.2) is 17.6 Å². The Balaban J connectivity index is 1.91. The normalized spacial score (nSPS) is 9.74. The van der Waals surface area contributed by atoms with Gasteiger partial charge in [0.1, 0.15) is 5.76 Å². The summed E-state index contributed by atoms with van der Waals surface area (Å²) in [6, 6.07) is 5.33. The first kappa shape index (κ1) is 13.4. The molecule has 0 aromatic carbocycles. The Morgan fingerprint density at radius 3 is 3.16 bits per heavy atom. The van der Waals surface area contributed by atoms with Crippen LogP contribution in [0.3, 0.4) is 0 Å². The van der Waals surface area contributed by atoms with Gasteiger partial charge in [-0.25, -0.2) is 0 Å². The van der Waals surface area contributed by atoms with Crippen LogP contribution >= 0.6 is 11.3 Å². The SMILES string of the molecule is O=C(NCc1ccco1)c1csc(C#CCCO)c1. The number of nitrogens with one attached hydrogen (secondary N) is 1. The van der Waals surface area contributed by atoms with Crippen molar-refractivity contribution < 1.29 is 14.3 Å². The Morgan fingerprint density at radius 2 is 2.42 bits per heavy atom. The summed E-state index contributed by atoms with van der Waals surface area (Å²) in [7, 11) is 0. The molecule has 4 nitrogen and oxygen atoms in total. The van der Waals surface area contributed by atoms with Crippen LogP contribution in [0.4, 0.5) is 0 Å². The van der Waals surface area contributed by atoms with Gasteiger partial charge in [0.15, 0.2) is 0 Å². The average Bonchev–Trinajstić information content (AvgIpc) is 3.07. The summed E-state index contributed by atoms with van der Waals surface area (Å²) in [5.74, 6) is 6.29. The summed E-state index contributed by atoms with van der Waals surface area (Å²) < 4.78 is 5.13. The molecule has 0 unspecified atom stereocenters. The van der Waals surface area contributed by atoms with E-state index in [1.807, 2.05) is 0 Å². The van der Waals surface area contributed by atoms with Crippen molar-refractivity contribution in [1.29, 1.82) is 0 Å². The minimum Gasteiger partial charge on any atom is -0.467 e. The van der Waals surface area contributed by atoms with Gasteiger partial charge in [-0.05, 0) is 18.2 Å². The molecule has 1 amide bonds. The average molecular weight is 275 g/mol. The van der Waals surface area contributed by atoms with Gasteiger partial charge in [-0.2, -0.15) is 0 Å². The number of amides is 1. The highest BCUT2D eigenvalue weighted by Crippen LogP contribution is 2.13. The van der Waals surface area contributed by atoms with Crippen LogP contribution in [0.15, 0.2) is 34.3 Å². The van der Waals surface area contributed by atoms with Gasteiger partial charge >= 0.3 is 0 Å². The van der Waals surface area contributed by atoms with Crippen LogP contribution in [-0.2, 0) is 6.54 Å². The van der Waals surface area contributed by atoms with E-state index in [-0.39, 0.29) is 12.5 Å². The first-order valence-electron chi connectivity index (χ1n) is 5.78. The summed E-state index contributed by atoms with van der Waals surface area (Å²) >= 11 is 1.41. The van der Waals surface area contributed by atoms with Gasteiger partial charge in [-0.3, -0.25) is 4.79 Å². The second-order valence-electron chi connectivity index (χ2n) is 3.74. The second kappa shape index (κ2) is 6.78. The molecular formula is C14H13NO3S. The highest BCUT2D eigenvalue weighted by molar-refractivity contribution is 7.10. The van der Waals surface area contributed by atoms with Crippen molar-refractivity contribution in [3.05, 3.63) is 46.0 Å². The van der Waals surface area contributed by atoms with E-state index >= 15 is 0 Å². The highest BCUT2D eigenvalue weighted by Gasteiger charge is 2.08. The van der Waals surface area contributed by atoms with Crippen LogP contribution < -0.4 is 5.32 Å². The molecule has 0 saturated carbocycles. The molecule has 0 aliphatic carbocycles. The maximum atomic E-state index is 11.8.